The zero-order valence-electron chi connectivity index (χ0n) is 18.7. The third kappa shape index (κ3) is 4.94. The maximum Gasteiger partial charge on any atom is 0.228 e. The molecule has 0 aliphatic carbocycles. The average molecular weight is 425 g/mol. The Kier molecular flexibility index (Phi) is 6.93. The lowest BCUT2D eigenvalue weighted by atomic mass is 10.2. The third-order valence-electron chi connectivity index (χ3n) is 5.42. The van der Waals surface area contributed by atoms with Gasteiger partial charge in [-0.3, -0.25) is 4.68 Å². The van der Waals surface area contributed by atoms with E-state index < -0.39 is 0 Å². The van der Waals surface area contributed by atoms with E-state index in [1.807, 2.05) is 23.7 Å². The Labute approximate surface area is 183 Å². The molecule has 166 valence electrons. The number of aryl methyl sites for hydroxylation is 2. The van der Waals surface area contributed by atoms with Gasteiger partial charge in [-0.2, -0.15) is 10.1 Å². The average Bonchev–Trinajstić information content (AvgIpc) is 2.93. The normalized spacial score (nSPS) is 14.7. The van der Waals surface area contributed by atoms with E-state index in [9.17, 15) is 0 Å². The van der Waals surface area contributed by atoms with Gasteiger partial charge >= 0.3 is 0 Å². The number of hydrogen-bond donors (Lipinski definition) is 2. The molecule has 4 heterocycles. The molecule has 1 fully saturated rings. The van der Waals surface area contributed by atoms with Crippen LogP contribution in [0.15, 0.2) is 18.3 Å². The summed E-state index contributed by atoms with van der Waals surface area (Å²) in [5.74, 6) is 2.24. The summed E-state index contributed by atoms with van der Waals surface area (Å²) in [5, 5.41) is 11.7. The Balaban J connectivity index is 1.81. The number of fused-ring (bicyclic) bond motifs is 1. The van der Waals surface area contributed by atoms with Crippen LogP contribution in [0.2, 0.25) is 0 Å². The topological polar surface area (TPSA) is 93.0 Å². The van der Waals surface area contributed by atoms with Crippen molar-refractivity contribution < 1.29 is 4.74 Å². The summed E-state index contributed by atoms with van der Waals surface area (Å²) < 4.78 is 7.55. The van der Waals surface area contributed by atoms with Crippen molar-refractivity contribution in [1.29, 1.82) is 0 Å². The molecule has 0 amide bonds. The van der Waals surface area contributed by atoms with Gasteiger partial charge in [0.2, 0.25) is 5.95 Å². The minimum Gasteiger partial charge on any atom is -0.380 e. The van der Waals surface area contributed by atoms with Crippen LogP contribution in [-0.2, 0) is 17.7 Å². The molecular weight excluding hydrogens is 392 g/mol. The van der Waals surface area contributed by atoms with E-state index in [0.29, 0.717) is 19.8 Å². The van der Waals surface area contributed by atoms with Gasteiger partial charge in [0.15, 0.2) is 5.82 Å². The summed E-state index contributed by atoms with van der Waals surface area (Å²) in [6, 6.07) is 4.00. The van der Waals surface area contributed by atoms with E-state index in [-0.39, 0.29) is 0 Å². The highest BCUT2D eigenvalue weighted by molar-refractivity contribution is 5.90. The second-order valence-corrected chi connectivity index (χ2v) is 7.72. The monoisotopic (exact) mass is 424 g/mol. The highest BCUT2D eigenvalue weighted by Gasteiger charge is 2.21. The molecule has 1 aliphatic heterocycles. The van der Waals surface area contributed by atoms with Crippen molar-refractivity contribution >= 4 is 28.6 Å². The lowest BCUT2D eigenvalue weighted by molar-refractivity contribution is 0.137. The molecule has 0 atom stereocenters. The molecular formula is C22H32N8O. The molecule has 2 N–H and O–H groups in total. The largest absolute Gasteiger partial charge is 0.380 e. The fourth-order valence-electron chi connectivity index (χ4n) is 3.83. The fourth-order valence-corrected chi connectivity index (χ4v) is 3.83. The van der Waals surface area contributed by atoms with Gasteiger partial charge < -0.3 is 20.3 Å². The van der Waals surface area contributed by atoms with E-state index in [1.54, 1.807) is 6.20 Å². The standard InChI is InChI=1S/C22H32N8O/c1-4-17-19-20(30(28-17)13-14-31-5-2)21(25-18-15-16(3)7-9-24-18)27-22(26-19)29-11-6-8-23-10-12-29/h7,9,15,23H,4-6,8,10-14H2,1-3H3,(H,24,25,26,27). The van der Waals surface area contributed by atoms with Crippen LogP contribution in [0.3, 0.4) is 0 Å². The van der Waals surface area contributed by atoms with Crippen molar-refractivity contribution in [1.82, 2.24) is 30.0 Å². The molecule has 1 aliphatic rings. The van der Waals surface area contributed by atoms with Crippen molar-refractivity contribution in [3.05, 3.63) is 29.6 Å². The van der Waals surface area contributed by atoms with Gasteiger partial charge in [-0.1, -0.05) is 6.92 Å². The molecule has 0 aromatic carbocycles. The maximum atomic E-state index is 5.59. The smallest absolute Gasteiger partial charge is 0.228 e. The van der Waals surface area contributed by atoms with Gasteiger partial charge in [-0.15, -0.1) is 0 Å². The van der Waals surface area contributed by atoms with Gasteiger partial charge in [-0.25, -0.2) is 9.97 Å². The van der Waals surface area contributed by atoms with Crippen LogP contribution in [-0.4, -0.2) is 64.1 Å². The van der Waals surface area contributed by atoms with E-state index in [2.05, 4.69) is 34.4 Å². The molecule has 3 aromatic heterocycles. The number of hydrogen-bond acceptors (Lipinski definition) is 8. The van der Waals surface area contributed by atoms with Gasteiger partial charge in [0.25, 0.3) is 0 Å². The number of pyridine rings is 1. The minimum absolute atomic E-state index is 0.595. The number of ether oxygens (including phenoxy) is 1. The molecule has 3 aromatic rings. The van der Waals surface area contributed by atoms with E-state index in [4.69, 9.17) is 19.8 Å². The van der Waals surface area contributed by atoms with Gasteiger partial charge in [-0.05, 0) is 50.9 Å². The van der Waals surface area contributed by atoms with Crippen molar-refractivity contribution in [3.8, 4) is 0 Å². The van der Waals surface area contributed by atoms with Crippen molar-refractivity contribution in [2.75, 3.05) is 49.6 Å². The van der Waals surface area contributed by atoms with Gasteiger partial charge in [0.1, 0.15) is 16.9 Å². The summed E-state index contributed by atoms with van der Waals surface area (Å²) in [6.07, 6.45) is 3.68. The predicted octanol–water partition coefficient (Wildman–Crippen LogP) is 2.67. The molecule has 0 bridgehead atoms. The summed E-state index contributed by atoms with van der Waals surface area (Å²) in [7, 11) is 0. The lowest BCUT2D eigenvalue weighted by Crippen LogP contribution is -2.29. The number of rotatable bonds is 8. The van der Waals surface area contributed by atoms with Crippen molar-refractivity contribution in [3.63, 3.8) is 0 Å². The summed E-state index contributed by atoms with van der Waals surface area (Å²) >= 11 is 0. The Morgan fingerprint density at radius 2 is 2.10 bits per heavy atom. The first-order valence-electron chi connectivity index (χ1n) is 11.2. The second kappa shape index (κ2) is 10.0. The molecule has 0 unspecified atom stereocenters. The van der Waals surface area contributed by atoms with Gasteiger partial charge in [0.05, 0.1) is 18.8 Å². The van der Waals surface area contributed by atoms with E-state index in [0.717, 1.165) is 78.9 Å². The van der Waals surface area contributed by atoms with Crippen LogP contribution in [0.1, 0.15) is 31.5 Å². The first kappa shape index (κ1) is 21.5. The van der Waals surface area contributed by atoms with Crippen LogP contribution in [0.5, 0.6) is 0 Å². The zero-order chi connectivity index (χ0) is 21.6. The first-order chi connectivity index (χ1) is 15.2. The number of aromatic nitrogens is 5. The Hall–Kier alpha value is -2.78. The van der Waals surface area contributed by atoms with Crippen LogP contribution < -0.4 is 15.5 Å². The summed E-state index contributed by atoms with van der Waals surface area (Å²) in [5.41, 5.74) is 3.91. The molecule has 0 radical (unpaired) electrons. The van der Waals surface area contributed by atoms with Gasteiger partial charge in [0, 0.05) is 32.4 Å². The first-order valence-corrected chi connectivity index (χ1v) is 11.2. The number of anilines is 3. The minimum atomic E-state index is 0.595. The molecule has 31 heavy (non-hydrogen) atoms. The zero-order valence-corrected chi connectivity index (χ0v) is 18.7. The maximum absolute atomic E-state index is 5.59. The highest BCUT2D eigenvalue weighted by Crippen LogP contribution is 2.29. The molecule has 9 heteroatoms. The predicted molar refractivity (Wildman–Crippen MR) is 123 cm³/mol. The van der Waals surface area contributed by atoms with Crippen LogP contribution in [0.25, 0.3) is 11.0 Å². The fraction of sp³-hybridized carbons (Fsp3) is 0.545. The molecule has 0 spiro atoms. The Morgan fingerprint density at radius 1 is 1.19 bits per heavy atom. The van der Waals surface area contributed by atoms with Crippen LogP contribution >= 0.6 is 0 Å². The Bertz CT molecular complexity index is 1010. The summed E-state index contributed by atoms with van der Waals surface area (Å²) in [6.45, 7) is 11.9. The summed E-state index contributed by atoms with van der Waals surface area (Å²) in [4.78, 5) is 16.7. The Morgan fingerprint density at radius 3 is 2.90 bits per heavy atom. The van der Waals surface area contributed by atoms with Crippen molar-refractivity contribution in [2.24, 2.45) is 0 Å². The van der Waals surface area contributed by atoms with Crippen molar-refractivity contribution in [2.45, 2.75) is 40.2 Å². The quantitative estimate of drug-likeness (QED) is 0.533. The van der Waals surface area contributed by atoms with E-state index in [1.165, 1.54) is 0 Å². The second-order valence-electron chi connectivity index (χ2n) is 7.72. The molecule has 1 saturated heterocycles. The molecule has 4 rings (SSSR count). The number of nitrogens with zero attached hydrogens (tertiary/aromatic N) is 6. The van der Waals surface area contributed by atoms with E-state index >= 15 is 0 Å². The molecule has 0 saturated carbocycles. The van der Waals surface area contributed by atoms with Crippen LogP contribution in [0.4, 0.5) is 17.6 Å². The molecule has 9 nitrogen and oxygen atoms in total. The number of nitrogens with one attached hydrogen (secondary N) is 2. The third-order valence-corrected chi connectivity index (χ3v) is 5.42. The lowest BCUT2D eigenvalue weighted by Gasteiger charge is -2.21. The highest BCUT2D eigenvalue weighted by atomic mass is 16.5. The van der Waals surface area contributed by atoms with Crippen LogP contribution in [0, 0.1) is 6.92 Å². The SMILES string of the molecule is CCOCCn1nc(CC)c2nc(N3CCCNCC3)nc(Nc3cc(C)ccn3)c21.